The largest absolute Gasteiger partial charge is 0.316 e. The zero-order chi connectivity index (χ0) is 7.82. The summed E-state index contributed by atoms with van der Waals surface area (Å²) in [6.45, 7) is 6.79. The normalized spacial score (nSPS) is 11.6. The van der Waals surface area contributed by atoms with Gasteiger partial charge in [-0.2, -0.15) is 0 Å². The number of allylic oxidation sites excluding steroid dienone is 2. The summed E-state index contributed by atoms with van der Waals surface area (Å²) in [7, 11) is 1.96. The Kier molecular flexibility index (Phi) is 6.19. The number of rotatable bonds is 5. The van der Waals surface area contributed by atoms with Crippen LogP contribution in [-0.4, -0.2) is 13.6 Å². The number of nitrogens with one attached hydrogen (secondary N) is 1. The molecule has 1 nitrogen and oxygen atoms in total. The first kappa shape index (κ1) is 9.44. The van der Waals surface area contributed by atoms with E-state index >= 15 is 0 Å². The Morgan fingerprint density at radius 1 is 1.50 bits per heavy atom. The van der Waals surface area contributed by atoms with Crippen LogP contribution in [0.15, 0.2) is 24.3 Å². The van der Waals surface area contributed by atoms with Crippen molar-refractivity contribution >= 4 is 0 Å². The van der Waals surface area contributed by atoms with Crippen LogP contribution in [0.5, 0.6) is 0 Å². The summed E-state index contributed by atoms with van der Waals surface area (Å²) < 4.78 is 0. The Balaban J connectivity index is 3.36. The quantitative estimate of drug-likeness (QED) is 0.454. The van der Waals surface area contributed by atoms with E-state index in [0.717, 1.165) is 19.4 Å². The van der Waals surface area contributed by atoms with Crippen molar-refractivity contribution in [3.8, 4) is 0 Å². The summed E-state index contributed by atoms with van der Waals surface area (Å²) in [4.78, 5) is 0. The molecule has 0 saturated heterocycles. The Labute approximate surface area is 63.8 Å². The van der Waals surface area contributed by atoms with Gasteiger partial charge in [-0.1, -0.05) is 17.7 Å². The molecule has 1 heteroatoms. The second-order valence-electron chi connectivity index (χ2n) is 2.45. The van der Waals surface area contributed by atoms with Gasteiger partial charge < -0.3 is 5.32 Å². The number of hydrogen-bond donors (Lipinski definition) is 1. The minimum absolute atomic E-state index is 0.997. The molecule has 0 atom stereocenters. The van der Waals surface area contributed by atoms with E-state index in [1.165, 1.54) is 5.57 Å². The summed E-state index contributed by atoms with van der Waals surface area (Å²) in [6.07, 6.45) is 6.40. The maximum atomic E-state index is 3.66. The van der Waals surface area contributed by atoms with Gasteiger partial charge in [0.25, 0.3) is 0 Å². The zero-order valence-corrected chi connectivity index (χ0v) is 6.98. The molecule has 0 radical (unpaired) electrons. The molecular weight excluding hydrogens is 122 g/mol. The van der Waals surface area contributed by atoms with E-state index in [2.05, 4.69) is 24.9 Å². The van der Waals surface area contributed by atoms with Crippen molar-refractivity contribution in [1.29, 1.82) is 0 Å². The van der Waals surface area contributed by atoms with Crippen LogP contribution in [0.3, 0.4) is 0 Å². The van der Waals surface area contributed by atoms with Crippen molar-refractivity contribution in [3.63, 3.8) is 0 Å². The third-order valence-electron chi connectivity index (χ3n) is 1.32. The van der Waals surface area contributed by atoms with E-state index in [-0.39, 0.29) is 0 Å². The number of likely N-dealkylation sites (N-methyl/N-ethyl adjacent to an activating group) is 1. The SMILES string of the molecule is C=CCC/C=C(/C)CNC. The average molecular weight is 139 g/mol. The molecule has 0 aliphatic rings. The topological polar surface area (TPSA) is 12.0 Å². The fraction of sp³-hybridized carbons (Fsp3) is 0.556. The van der Waals surface area contributed by atoms with Gasteiger partial charge in [0.15, 0.2) is 0 Å². The van der Waals surface area contributed by atoms with Crippen molar-refractivity contribution in [2.24, 2.45) is 0 Å². The average Bonchev–Trinajstić information content (AvgIpc) is 1.89. The molecule has 0 heterocycles. The number of hydrogen-bond acceptors (Lipinski definition) is 1. The van der Waals surface area contributed by atoms with Gasteiger partial charge >= 0.3 is 0 Å². The fourth-order valence-electron chi connectivity index (χ4n) is 0.799. The maximum Gasteiger partial charge on any atom is 0.0158 e. The Morgan fingerprint density at radius 2 is 2.20 bits per heavy atom. The smallest absolute Gasteiger partial charge is 0.0158 e. The van der Waals surface area contributed by atoms with Crippen LogP contribution in [0.25, 0.3) is 0 Å². The highest BCUT2D eigenvalue weighted by molar-refractivity contribution is 5.00. The molecular formula is C9H17N. The van der Waals surface area contributed by atoms with Crippen LogP contribution in [0.2, 0.25) is 0 Å². The van der Waals surface area contributed by atoms with Crippen molar-refractivity contribution in [2.75, 3.05) is 13.6 Å². The lowest BCUT2D eigenvalue weighted by atomic mass is 10.2. The van der Waals surface area contributed by atoms with Crippen molar-refractivity contribution in [3.05, 3.63) is 24.3 Å². The van der Waals surface area contributed by atoms with Crippen LogP contribution < -0.4 is 5.32 Å². The third kappa shape index (κ3) is 5.57. The second-order valence-corrected chi connectivity index (χ2v) is 2.45. The molecule has 0 spiro atoms. The van der Waals surface area contributed by atoms with E-state index in [1.54, 1.807) is 0 Å². The first-order valence-corrected chi connectivity index (χ1v) is 3.72. The second kappa shape index (κ2) is 6.56. The van der Waals surface area contributed by atoms with Crippen LogP contribution in [0.4, 0.5) is 0 Å². The molecule has 0 aromatic rings. The molecule has 0 bridgehead atoms. The Bertz CT molecular complexity index is 114. The summed E-state index contributed by atoms with van der Waals surface area (Å²) in [6, 6.07) is 0. The first-order valence-electron chi connectivity index (χ1n) is 3.72. The van der Waals surface area contributed by atoms with Gasteiger partial charge in [-0.3, -0.25) is 0 Å². The first-order chi connectivity index (χ1) is 4.81. The van der Waals surface area contributed by atoms with Crippen LogP contribution >= 0.6 is 0 Å². The lowest BCUT2D eigenvalue weighted by Crippen LogP contribution is -2.08. The molecule has 10 heavy (non-hydrogen) atoms. The molecule has 0 unspecified atom stereocenters. The van der Waals surface area contributed by atoms with Gasteiger partial charge in [-0.15, -0.1) is 6.58 Å². The summed E-state index contributed by atoms with van der Waals surface area (Å²) in [5, 5.41) is 3.10. The molecule has 0 aromatic carbocycles. The lowest BCUT2D eigenvalue weighted by Gasteiger charge is -1.97. The minimum atomic E-state index is 0.997. The summed E-state index contributed by atoms with van der Waals surface area (Å²) >= 11 is 0. The van der Waals surface area contributed by atoms with Crippen LogP contribution in [-0.2, 0) is 0 Å². The van der Waals surface area contributed by atoms with Crippen molar-refractivity contribution in [1.82, 2.24) is 5.32 Å². The molecule has 0 saturated carbocycles. The summed E-state index contributed by atoms with van der Waals surface area (Å²) in [5.74, 6) is 0. The van der Waals surface area contributed by atoms with E-state index in [1.807, 2.05) is 13.1 Å². The predicted octanol–water partition coefficient (Wildman–Crippen LogP) is 2.12. The van der Waals surface area contributed by atoms with Gasteiger partial charge in [0.05, 0.1) is 0 Å². The van der Waals surface area contributed by atoms with E-state index in [9.17, 15) is 0 Å². The Hall–Kier alpha value is -0.560. The van der Waals surface area contributed by atoms with Gasteiger partial charge in [0, 0.05) is 6.54 Å². The zero-order valence-electron chi connectivity index (χ0n) is 6.98. The molecule has 0 fully saturated rings. The van der Waals surface area contributed by atoms with E-state index in [0.29, 0.717) is 0 Å². The highest BCUT2D eigenvalue weighted by Crippen LogP contribution is 1.96. The fourth-order valence-corrected chi connectivity index (χ4v) is 0.799. The minimum Gasteiger partial charge on any atom is -0.316 e. The van der Waals surface area contributed by atoms with E-state index < -0.39 is 0 Å². The molecule has 0 rings (SSSR count). The third-order valence-corrected chi connectivity index (χ3v) is 1.32. The van der Waals surface area contributed by atoms with Gasteiger partial charge in [-0.05, 0) is 26.8 Å². The highest BCUT2D eigenvalue weighted by Gasteiger charge is 1.83. The highest BCUT2D eigenvalue weighted by atomic mass is 14.8. The standard InChI is InChI=1S/C9H17N/c1-4-5-6-7-9(2)8-10-3/h4,7,10H,1,5-6,8H2,2-3H3/b9-7-. The molecule has 0 aliphatic carbocycles. The van der Waals surface area contributed by atoms with Crippen LogP contribution in [0, 0.1) is 0 Å². The molecule has 0 aromatic heterocycles. The van der Waals surface area contributed by atoms with Gasteiger partial charge in [0.2, 0.25) is 0 Å². The lowest BCUT2D eigenvalue weighted by molar-refractivity contribution is 0.869. The maximum absolute atomic E-state index is 3.66. The predicted molar refractivity (Wildman–Crippen MR) is 47.1 cm³/mol. The number of unbranched alkanes of at least 4 members (excludes halogenated alkanes) is 1. The van der Waals surface area contributed by atoms with Gasteiger partial charge in [0.1, 0.15) is 0 Å². The van der Waals surface area contributed by atoms with Gasteiger partial charge in [-0.25, -0.2) is 0 Å². The van der Waals surface area contributed by atoms with Crippen molar-refractivity contribution < 1.29 is 0 Å². The Morgan fingerprint density at radius 3 is 2.70 bits per heavy atom. The van der Waals surface area contributed by atoms with Crippen LogP contribution in [0.1, 0.15) is 19.8 Å². The molecule has 0 amide bonds. The van der Waals surface area contributed by atoms with E-state index in [4.69, 9.17) is 0 Å². The molecule has 58 valence electrons. The summed E-state index contributed by atoms with van der Waals surface area (Å²) in [5.41, 5.74) is 1.41. The van der Waals surface area contributed by atoms with Crippen molar-refractivity contribution in [2.45, 2.75) is 19.8 Å². The molecule has 1 N–H and O–H groups in total. The monoisotopic (exact) mass is 139 g/mol. The molecule has 0 aliphatic heterocycles.